The number of benzene rings is 1. The van der Waals surface area contributed by atoms with Crippen LogP contribution in [0.2, 0.25) is 5.02 Å². The van der Waals surface area contributed by atoms with E-state index in [-0.39, 0.29) is 19.0 Å². The minimum absolute atomic E-state index is 0. The Balaban J connectivity index is 0.00000147. The summed E-state index contributed by atoms with van der Waals surface area (Å²) in [7, 11) is 0. The lowest BCUT2D eigenvalue weighted by Gasteiger charge is -2.03. The Hall–Kier alpha value is -1.52. The van der Waals surface area contributed by atoms with Crippen molar-refractivity contribution in [2.24, 2.45) is 0 Å². The molecule has 1 aromatic heterocycles. The molecule has 0 unspecified atom stereocenters. The standard InChI is InChI=1S/C14H14ClN3O.ClH/c15-11-5-3-10(4-6-11)12-8-17(9-13(16)19)14-2-1-7-18(12)14;/h3-6,8H,1-2,7,9H2,(H-,16,19);1H. The first-order valence-electron chi connectivity index (χ1n) is 6.27. The number of imidazole rings is 1. The molecule has 1 N–H and O–H groups in total. The van der Waals surface area contributed by atoms with Gasteiger partial charge in [0.1, 0.15) is 12.7 Å². The second kappa shape index (κ2) is 5.85. The molecule has 0 fully saturated rings. The van der Waals surface area contributed by atoms with Crippen LogP contribution in [0.3, 0.4) is 0 Å². The zero-order valence-electron chi connectivity index (χ0n) is 10.8. The molecule has 106 valence electrons. The van der Waals surface area contributed by atoms with Crippen LogP contribution in [0.25, 0.3) is 11.3 Å². The number of nitrogens with zero attached hydrogens (tertiary/aromatic N) is 2. The van der Waals surface area contributed by atoms with Crippen molar-refractivity contribution < 1.29 is 9.67 Å². The lowest BCUT2D eigenvalue weighted by molar-refractivity contribution is -0.693. The van der Waals surface area contributed by atoms with Gasteiger partial charge in [0.15, 0.2) is 5.69 Å². The van der Waals surface area contributed by atoms with E-state index in [0.29, 0.717) is 5.02 Å². The van der Waals surface area contributed by atoms with Crippen LogP contribution in [0, 0.1) is 5.41 Å². The summed E-state index contributed by atoms with van der Waals surface area (Å²) in [4.78, 5) is 0. The molecule has 6 heteroatoms. The van der Waals surface area contributed by atoms with E-state index in [1.807, 2.05) is 35.0 Å². The van der Waals surface area contributed by atoms with Crippen molar-refractivity contribution >= 4 is 29.9 Å². The van der Waals surface area contributed by atoms with Gasteiger partial charge in [-0.1, -0.05) is 11.6 Å². The molecule has 2 aromatic rings. The second-order valence-electron chi connectivity index (χ2n) is 4.74. The Morgan fingerprint density at radius 3 is 2.70 bits per heavy atom. The van der Waals surface area contributed by atoms with Crippen LogP contribution in [0.1, 0.15) is 12.2 Å². The first-order valence-corrected chi connectivity index (χ1v) is 6.65. The first-order chi connectivity index (χ1) is 9.15. The summed E-state index contributed by atoms with van der Waals surface area (Å²) < 4.78 is 4.12. The fourth-order valence-electron chi connectivity index (χ4n) is 2.65. The van der Waals surface area contributed by atoms with Gasteiger partial charge in [0.2, 0.25) is 0 Å². The highest BCUT2D eigenvalue weighted by Crippen LogP contribution is 2.25. The third-order valence-corrected chi connectivity index (χ3v) is 3.70. The van der Waals surface area contributed by atoms with Crippen LogP contribution in [0.4, 0.5) is 0 Å². The summed E-state index contributed by atoms with van der Waals surface area (Å²) >= 11 is 5.91. The zero-order chi connectivity index (χ0) is 13.4. The zero-order valence-corrected chi connectivity index (χ0v) is 12.4. The molecule has 0 bridgehead atoms. The smallest absolute Gasteiger partial charge is 0.257 e. The van der Waals surface area contributed by atoms with E-state index in [1.165, 1.54) is 0 Å². The quantitative estimate of drug-likeness (QED) is 0.524. The summed E-state index contributed by atoms with van der Waals surface area (Å²) in [5.41, 5.74) is 2.18. The van der Waals surface area contributed by atoms with Crippen molar-refractivity contribution in [3.8, 4) is 11.3 Å². The second-order valence-corrected chi connectivity index (χ2v) is 5.18. The molecule has 0 atom stereocenters. The normalized spacial score (nSPS) is 12.8. The third-order valence-electron chi connectivity index (χ3n) is 3.45. The minimum Gasteiger partial charge on any atom is -0.859 e. The van der Waals surface area contributed by atoms with E-state index in [4.69, 9.17) is 17.0 Å². The molecule has 20 heavy (non-hydrogen) atoms. The van der Waals surface area contributed by atoms with Crippen molar-refractivity contribution in [2.75, 3.05) is 0 Å². The molecule has 2 heterocycles. The summed E-state index contributed by atoms with van der Waals surface area (Å²) in [6.07, 6.45) is 4.01. The van der Waals surface area contributed by atoms with Crippen molar-refractivity contribution in [1.82, 2.24) is 4.57 Å². The lowest BCUT2D eigenvalue weighted by Crippen LogP contribution is -2.43. The fraction of sp³-hybridized carbons (Fsp3) is 0.286. The van der Waals surface area contributed by atoms with Gasteiger partial charge < -0.3 is 10.5 Å². The summed E-state index contributed by atoms with van der Waals surface area (Å²) in [5.74, 6) is 0.568. The van der Waals surface area contributed by atoms with Crippen LogP contribution < -0.4 is 9.67 Å². The van der Waals surface area contributed by atoms with Crippen LogP contribution >= 0.6 is 24.0 Å². The van der Waals surface area contributed by atoms with Crippen LogP contribution in [-0.2, 0) is 19.5 Å². The molecule has 0 radical (unpaired) electrons. The summed E-state index contributed by atoms with van der Waals surface area (Å²) in [6, 6.07) is 7.70. The Bertz CT molecular complexity index is 635. The van der Waals surface area contributed by atoms with Crippen LogP contribution in [0.5, 0.6) is 0 Å². The number of hydrogen-bond donors (Lipinski definition) is 1. The largest absolute Gasteiger partial charge is 0.859 e. The minimum atomic E-state index is -0.562. The number of aromatic nitrogens is 2. The molecule has 0 amide bonds. The average molecular weight is 312 g/mol. The van der Waals surface area contributed by atoms with Gasteiger partial charge in [-0.25, -0.2) is 9.13 Å². The molecule has 1 aliphatic heterocycles. The summed E-state index contributed by atoms with van der Waals surface area (Å²) in [6.45, 7) is 1.09. The van der Waals surface area contributed by atoms with Crippen molar-refractivity contribution in [3.63, 3.8) is 0 Å². The Kier molecular flexibility index (Phi) is 4.35. The van der Waals surface area contributed by atoms with Crippen molar-refractivity contribution in [3.05, 3.63) is 41.3 Å². The molecule has 0 spiro atoms. The van der Waals surface area contributed by atoms with Crippen LogP contribution in [0.15, 0.2) is 30.5 Å². The maximum absolute atomic E-state index is 11.0. The van der Waals surface area contributed by atoms with Gasteiger partial charge >= 0.3 is 0 Å². The number of nitrogens with one attached hydrogen (secondary N) is 1. The molecule has 3 rings (SSSR count). The highest BCUT2D eigenvalue weighted by atomic mass is 35.5. The Labute approximate surface area is 128 Å². The molecule has 1 aromatic carbocycles. The highest BCUT2D eigenvalue weighted by Gasteiger charge is 2.28. The molecule has 1 aliphatic rings. The number of fused-ring (bicyclic) bond motifs is 1. The van der Waals surface area contributed by atoms with E-state index in [1.54, 1.807) is 0 Å². The number of rotatable bonds is 3. The van der Waals surface area contributed by atoms with E-state index >= 15 is 0 Å². The monoisotopic (exact) mass is 311 g/mol. The number of hydrogen-bond acceptors (Lipinski definition) is 2. The SMILES string of the molecule is Cl.N=C([O-])C[n+]1cc(-c2ccc(Cl)cc2)n2c1CCC2. The Morgan fingerprint density at radius 2 is 2.05 bits per heavy atom. The molecular formula is C14H15Cl2N3O. The van der Waals surface area contributed by atoms with E-state index < -0.39 is 5.90 Å². The van der Waals surface area contributed by atoms with Gasteiger partial charge in [-0.2, -0.15) is 0 Å². The number of halogens is 2. The molecular weight excluding hydrogens is 297 g/mol. The maximum atomic E-state index is 11.0. The van der Waals surface area contributed by atoms with Crippen LogP contribution in [-0.4, -0.2) is 10.5 Å². The predicted molar refractivity (Wildman–Crippen MR) is 78.4 cm³/mol. The average Bonchev–Trinajstić information content (AvgIpc) is 2.94. The predicted octanol–water partition coefficient (Wildman–Crippen LogP) is 1.80. The topological polar surface area (TPSA) is 55.7 Å². The van der Waals surface area contributed by atoms with Crippen molar-refractivity contribution in [2.45, 2.75) is 25.9 Å². The van der Waals surface area contributed by atoms with Gasteiger partial charge in [-0.3, -0.25) is 0 Å². The van der Waals surface area contributed by atoms with E-state index in [0.717, 1.165) is 36.5 Å². The Morgan fingerprint density at radius 1 is 1.35 bits per heavy atom. The van der Waals surface area contributed by atoms with Gasteiger partial charge in [0, 0.05) is 10.6 Å². The van der Waals surface area contributed by atoms with Gasteiger partial charge in [-0.05, 0) is 36.6 Å². The molecule has 0 saturated carbocycles. The fourth-order valence-corrected chi connectivity index (χ4v) is 2.78. The van der Waals surface area contributed by atoms with Gasteiger partial charge in [0.25, 0.3) is 5.82 Å². The molecule has 0 saturated heterocycles. The third kappa shape index (κ3) is 2.67. The van der Waals surface area contributed by atoms with E-state index in [9.17, 15) is 5.11 Å². The summed E-state index contributed by atoms with van der Waals surface area (Å²) in [5, 5.41) is 18.9. The first kappa shape index (κ1) is 14.9. The lowest BCUT2D eigenvalue weighted by atomic mass is 10.2. The van der Waals surface area contributed by atoms with E-state index in [2.05, 4.69) is 4.57 Å². The maximum Gasteiger partial charge on any atom is 0.257 e. The molecule has 4 nitrogen and oxygen atoms in total. The molecule has 0 aliphatic carbocycles. The highest BCUT2D eigenvalue weighted by molar-refractivity contribution is 6.30. The van der Waals surface area contributed by atoms with Gasteiger partial charge in [0.05, 0.1) is 13.0 Å². The van der Waals surface area contributed by atoms with Gasteiger partial charge in [-0.15, -0.1) is 12.4 Å². The van der Waals surface area contributed by atoms with Crippen molar-refractivity contribution in [1.29, 1.82) is 5.41 Å².